The molecule has 0 fully saturated rings. The highest BCUT2D eigenvalue weighted by Gasteiger charge is 2.11. The van der Waals surface area contributed by atoms with E-state index < -0.39 is 0 Å². The Hall–Kier alpha value is -0.770. The Balaban J connectivity index is 0.00000256. The lowest BCUT2D eigenvalue weighted by Gasteiger charge is -2.18. The first kappa shape index (κ1) is 16.2. The maximum atomic E-state index is 6.12. The van der Waals surface area contributed by atoms with Gasteiger partial charge in [-0.1, -0.05) is 18.2 Å². The van der Waals surface area contributed by atoms with Crippen LogP contribution >= 0.6 is 12.4 Å². The van der Waals surface area contributed by atoms with Gasteiger partial charge in [-0.15, -0.1) is 12.4 Å². The summed E-state index contributed by atoms with van der Waals surface area (Å²) in [5.74, 6) is 0.891. The third-order valence-electron chi connectivity index (χ3n) is 2.40. The molecule has 0 unspecified atom stereocenters. The van der Waals surface area contributed by atoms with Crippen LogP contribution in [0.2, 0.25) is 0 Å². The first-order valence-corrected chi connectivity index (χ1v) is 5.86. The molecule has 1 rings (SSSR count). The fraction of sp³-hybridized carbons (Fsp3) is 0.538. The average molecular weight is 259 g/mol. The summed E-state index contributed by atoms with van der Waals surface area (Å²) in [5, 5.41) is 0. The van der Waals surface area contributed by atoms with Gasteiger partial charge >= 0.3 is 0 Å². The van der Waals surface area contributed by atoms with Gasteiger partial charge < -0.3 is 16.2 Å². The van der Waals surface area contributed by atoms with Crippen molar-refractivity contribution in [2.75, 3.05) is 6.54 Å². The van der Waals surface area contributed by atoms with Crippen molar-refractivity contribution in [3.05, 3.63) is 29.8 Å². The van der Waals surface area contributed by atoms with Crippen molar-refractivity contribution < 1.29 is 4.74 Å². The van der Waals surface area contributed by atoms with Crippen LogP contribution in [0.3, 0.4) is 0 Å². The van der Waals surface area contributed by atoms with E-state index in [1.807, 2.05) is 38.1 Å². The third-order valence-corrected chi connectivity index (χ3v) is 2.40. The normalized spacial score (nSPS) is 12.1. The van der Waals surface area contributed by atoms with Gasteiger partial charge in [0.1, 0.15) is 5.75 Å². The summed E-state index contributed by atoms with van der Waals surface area (Å²) in [6, 6.07) is 7.97. The quantitative estimate of drug-likeness (QED) is 0.825. The van der Waals surface area contributed by atoms with E-state index in [0.29, 0.717) is 6.54 Å². The van der Waals surface area contributed by atoms with Crippen LogP contribution in [0.4, 0.5) is 0 Å². The van der Waals surface area contributed by atoms with Crippen LogP contribution in [0.15, 0.2) is 24.3 Å². The first-order valence-electron chi connectivity index (χ1n) is 5.86. The molecule has 0 aliphatic rings. The Bertz CT molecular complexity index is 318. The predicted octanol–water partition coefficient (Wildman–Crippen LogP) is 2.63. The van der Waals surface area contributed by atoms with E-state index >= 15 is 0 Å². The van der Waals surface area contributed by atoms with Crippen LogP contribution in [0.1, 0.15) is 38.3 Å². The van der Waals surface area contributed by atoms with E-state index in [1.54, 1.807) is 0 Å². The highest BCUT2D eigenvalue weighted by molar-refractivity contribution is 5.85. The minimum Gasteiger partial charge on any atom is -0.491 e. The van der Waals surface area contributed by atoms with Gasteiger partial charge in [-0.25, -0.2) is 0 Å². The van der Waals surface area contributed by atoms with Gasteiger partial charge in [0.05, 0.1) is 6.10 Å². The minimum absolute atomic E-state index is 0. The second kappa shape index (κ2) is 8.34. The molecule has 1 aromatic carbocycles. The zero-order valence-electron chi connectivity index (χ0n) is 10.6. The summed E-state index contributed by atoms with van der Waals surface area (Å²) in [4.78, 5) is 0. The summed E-state index contributed by atoms with van der Waals surface area (Å²) in [5.41, 5.74) is 12.7. The summed E-state index contributed by atoms with van der Waals surface area (Å²) in [6.45, 7) is 4.71. The fourth-order valence-corrected chi connectivity index (χ4v) is 1.64. The number of benzene rings is 1. The average Bonchev–Trinajstić information content (AvgIpc) is 2.26. The van der Waals surface area contributed by atoms with Gasteiger partial charge in [0.25, 0.3) is 0 Å². The van der Waals surface area contributed by atoms with Crippen LogP contribution in [-0.4, -0.2) is 12.6 Å². The summed E-state index contributed by atoms with van der Waals surface area (Å²) in [6.07, 6.45) is 2.01. The van der Waals surface area contributed by atoms with Crippen molar-refractivity contribution in [1.29, 1.82) is 0 Å². The summed E-state index contributed by atoms with van der Waals surface area (Å²) >= 11 is 0. The van der Waals surface area contributed by atoms with E-state index in [-0.39, 0.29) is 24.6 Å². The molecule has 4 N–H and O–H groups in total. The highest BCUT2D eigenvalue weighted by atomic mass is 35.5. The minimum atomic E-state index is 0. The van der Waals surface area contributed by atoms with Crippen LogP contribution in [0, 0.1) is 0 Å². The van der Waals surface area contributed by atoms with E-state index in [0.717, 1.165) is 24.2 Å². The van der Waals surface area contributed by atoms with Crippen LogP contribution in [0.25, 0.3) is 0 Å². The van der Waals surface area contributed by atoms with Gasteiger partial charge in [0, 0.05) is 11.6 Å². The largest absolute Gasteiger partial charge is 0.491 e. The first-order chi connectivity index (χ1) is 7.65. The van der Waals surface area contributed by atoms with Gasteiger partial charge in [-0.3, -0.25) is 0 Å². The van der Waals surface area contributed by atoms with Crippen molar-refractivity contribution in [3.8, 4) is 5.75 Å². The van der Waals surface area contributed by atoms with Gasteiger partial charge in [0.2, 0.25) is 0 Å². The Kier molecular flexibility index (Phi) is 7.96. The number of rotatable bonds is 6. The molecule has 0 aliphatic carbocycles. The van der Waals surface area contributed by atoms with Gasteiger partial charge in [-0.2, -0.15) is 0 Å². The number of hydrogen-bond acceptors (Lipinski definition) is 3. The summed E-state index contributed by atoms with van der Waals surface area (Å²) < 4.78 is 5.74. The molecule has 0 aromatic heterocycles. The third kappa shape index (κ3) is 5.39. The molecule has 0 heterocycles. The lowest BCUT2D eigenvalue weighted by Crippen LogP contribution is -2.15. The number of halogens is 1. The topological polar surface area (TPSA) is 61.3 Å². The molecular weight excluding hydrogens is 236 g/mol. The molecule has 0 aliphatic heterocycles. The lowest BCUT2D eigenvalue weighted by molar-refractivity contribution is 0.238. The van der Waals surface area contributed by atoms with E-state index in [9.17, 15) is 0 Å². The molecule has 17 heavy (non-hydrogen) atoms. The molecule has 3 nitrogen and oxygen atoms in total. The molecule has 0 amide bonds. The molecule has 98 valence electrons. The van der Waals surface area contributed by atoms with E-state index in [2.05, 4.69) is 0 Å². The lowest BCUT2D eigenvalue weighted by atomic mass is 10.0. The zero-order valence-corrected chi connectivity index (χ0v) is 11.4. The van der Waals surface area contributed by atoms with Crippen LogP contribution in [-0.2, 0) is 0 Å². The maximum absolute atomic E-state index is 6.12. The van der Waals surface area contributed by atoms with Gasteiger partial charge in [-0.05, 0) is 39.3 Å². The van der Waals surface area contributed by atoms with Crippen molar-refractivity contribution in [1.82, 2.24) is 0 Å². The van der Waals surface area contributed by atoms with Crippen LogP contribution in [0.5, 0.6) is 5.75 Å². The van der Waals surface area contributed by atoms with Gasteiger partial charge in [0.15, 0.2) is 0 Å². The number of ether oxygens (including phenoxy) is 1. The molecule has 1 atom stereocenters. The van der Waals surface area contributed by atoms with Crippen molar-refractivity contribution in [2.45, 2.75) is 38.8 Å². The van der Waals surface area contributed by atoms with Crippen LogP contribution < -0.4 is 16.2 Å². The Morgan fingerprint density at radius 3 is 2.47 bits per heavy atom. The molecular formula is C13H23ClN2O. The second-order valence-corrected chi connectivity index (χ2v) is 4.24. The second-order valence-electron chi connectivity index (χ2n) is 4.24. The fourth-order valence-electron chi connectivity index (χ4n) is 1.64. The molecule has 4 heteroatoms. The number of hydrogen-bond donors (Lipinski definition) is 2. The summed E-state index contributed by atoms with van der Waals surface area (Å²) in [7, 11) is 0. The smallest absolute Gasteiger partial charge is 0.124 e. The molecule has 0 radical (unpaired) electrons. The predicted molar refractivity (Wildman–Crippen MR) is 74.7 cm³/mol. The molecule has 0 bridgehead atoms. The zero-order chi connectivity index (χ0) is 12.0. The highest BCUT2D eigenvalue weighted by Crippen LogP contribution is 2.26. The number of nitrogens with two attached hydrogens (primary N) is 2. The van der Waals surface area contributed by atoms with E-state index in [4.69, 9.17) is 16.2 Å². The van der Waals surface area contributed by atoms with Crippen molar-refractivity contribution in [3.63, 3.8) is 0 Å². The molecule has 0 spiro atoms. The van der Waals surface area contributed by atoms with Crippen molar-refractivity contribution in [2.24, 2.45) is 11.5 Å². The Morgan fingerprint density at radius 1 is 1.24 bits per heavy atom. The standard InChI is InChI=1S/C13H22N2O.ClH/c1-10(2)16-13-8-4-3-6-11(13)12(15)7-5-9-14;/h3-4,6,8,10,12H,5,7,9,14-15H2,1-2H3;1H/t12-;/m0./s1. The Morgan fingerprint density at radius 2 is 1.88 bits per heavy atom. The molecule has 0 saturated heterocycles. The monoisotopic (exact) mass is 258 g/mol. The maximum Gasteiger partial charge on any atom is 0.124 e. The molecule has 1 aromatic rings. The molecule has 0 saturated carbocycles. The van der Waals surface area contributed by atoms with Crippen molar-refractivity contribution >= 4 is 12.4 Å². The number of para-hydroxylation sites is 1. The Labute approximate surface area is 110 Å². The SMILES string of the molecule is CC(C)Oc1ccccc1[C@@H](N)CCCN.Cl. The van der Waals surface area contributed by atoms with E-state index in [1.165, 1.54) is 0 Å².